The molecule has 18 heavy (non-hydrogen) atoms. The van der Waals surface area contributed by atoms with Crippen molar-refractivity contribution in [1.82, 2.24) is 4.90 Å². The van der Waals surface area contributed by atoms with Crippen LogP contribution in [0.3, 0.4) is 0 Å². The largest absolute Gasteiger partial charge is 0.493 e. The number of hydrogen-bond donors (Lipinski definition) is 0. The summed E-state index contributed by atoms with van der Waals surface area (Å²) in [5, 5.41) is 0. The average Bonchev–Trinajstić information content (AvgIpc) is 2.79. The number of ether oxygens (including phenoxy) is 2. The summed E-state index contributed by atoms with van der Waals surface area (Å²) in [7, 11) is 3.13. The molecule has 1 aromatic rings. The molecular formula is C12H11N3O3. The van der Waals surface area contributed by atoms with Gasteiger partial charge in [-0.25, -0.2) is 4.99 Å². The van der Waals surface area contributed by atoms with E-state index in [0.717, 1.165) is 11.3 Å². The van der Waals surface area contributed by atoms with Crippen molar-refractivity contribution in [2.75, 3.05) is 20.8 Å². The number of benzene rings is 1. The third-order valence-electron chi connectivity index (χ3n) is 2.92. The summed E-state index contributed by atoms with van der Waals surface area (Å²) in [6.07, 6.45) is 1.49. The number of rotatable bonds is 2. The second-order valence-corrected chi connectivity index (χ2v) is 3.87. The Kier molecular flexibility index (Phi) is 2.29. The van der Waals surface area contributed by atoms with Crippen molar-refractivity contribution < 1.29 is 14.3 Å². The van der Waals surface area contributed by atoms with Crippen molar-refractivity contribution in [1.29, 1.82) is 0 Å². The minimum absolute atomic E-state index is 0.0748. The molecule has 1 aromatic carbocycles. The minimum Gasteiger partial charge on any atom is -0.493 e. The first-order chi connectivity index (χ1) is 8.74. The van der Waals surface area contributed by atoms with Gasteiger partial charge in [0.25, 0.3) is 5.91 Å². The Morgan fingerprint density at radius 2 is 1.94 bits per heavy atom. The molecule has 2 aliphatic rings. The van der Waals surface area contributed by atoms with Gasteiger partial charge in [0.15, 0.2) is 11.5 Å². The van der Waals surface area contributed by atoms with E-state index < -0.39 is 0 Å². The predicted octanol–water partition coefficient (Wildman–Crippen LogP) is 0.966. The van der Waals surface area contributed by atoms with Gasteiger partial charge < -0.3 is 9.47 Å². The highest BCUT2D eigenvalue weighted by Gasteiger charge is 2.30. The van der Waals surface area contributed by atoms with Crippen LogP contribution in [0.2, 0.25) is 0 Å². The monoisotopic (exact) mass is 245 g/mol. The highest BCUT2D eigenvalue weighted by Crippen LogP contribution is 2.37. The summed E-state index contributed by atoms with van der Waals surface area (Å²) >= 11 is 0. The zero-order valence-electron chi connectivity index (χ0n) is 10.0. The van der Waals surface area contributed by atoms with Gasteiger partial charge in [-0.3, -0.25) is 14.7 Å². The van der Waals surface area contributed by atoms with E-state index in [4.69, 9.17) is 9.47 Å². The van der Waals surface area contributed by atoms with Crippen LogP contribution in [0.25, 0.3) is 0 Å². The molecule has 0 unspecified atom stereocenters. The number of carbonyl (C=O) groups is 1. The van der Waals surface area contributed by atoms with Gasteiger partial charge in [0.1, 0.15) is 18.7 Å². The Morgan fingerprint density at radius 1 is 1.22 bits per heavy atom. The molecule has 0 N–H and O–H groups in total. The Labute approximate surface area is 104 Å². The van der Waals surface area contributed by atoms with Gasteiger partial charge in [0, 0.05) is 11.6 Å². The van der Waals surface area contributed by atoms with Crippen LogP contribution in [0.15, 0.2) is 22.1 Å². The van der Waals surface area contributed by atoms with Crippen LogP contribution in [0, 0.1) is 0 Å². The van der Waals surface area contributed by atoms with Gasteiger partial charge in [0.05, 0.1) is 19.9 Å². The first kappa shape index (κ1) is 10.8. The number of aliphatic imine (C=N–C) groups is 2. The molecule has 2 heterocycles. The van der Waals surface area contributed by atoms with Gasteiger partial charge in [-0.1, -0.05) is 0 Å². The van der Waals surface area contributed by atoms with Crippen molar-refractivity contribution >= 4 is 23.8 Å². The lowest BCUT2D eigenvalue weighted by Gasteiger charge is -2.20. The quantitative estimate of drug-likeness (QED) is 0.779. The molecule has 0 bridgehead atoms. The molecule has 6 heteroatoms. The van der Waals surface area contributed by atoms with E-state index in [9.17, 15) is 4.79 Å². The Bertz CT molecular complexity index is 592. The van der Waals surface area contributed by atoms with Crippen LogP contribution in [0.4, 0.5) is 5.69 Å². The second-order valence-electron chi connectivity index (χ2n) is 3.87. The fourth-order valence-electron chi connectivity index (χ4n) is 2.02. The SMILES string of the molecule is COc1cc2c(cc1OC)C1=NCC(=O)N1C=N2. The molecule has 0 aliphatic carbocycles. The summed E-state index contributed by atoms with van der Waals surface area (Å²) in [6, 6.07) is 3.56. The molecule has 3 rings (SSSR count). The van der Waals surface area contributed by atoms with Gasteiger partial charge in [-0.05, 0) is 6.07 Å². The zero-order valence-corrected chi connectivity index (χ0v) is 10.0. The van der Waals surface area contributed by atoms with Gasteiger partial charge in [-0.15, -0.1) is 0 Å². The average molecular weight is 245 g/mol. The summed E-state index contributed by atoms with van der Waals surface area (Å²) in [6.45, 7) is 0.162. The summed E-state index contributed by atoms with van der Waals surface area (Å²) < 4.78 is 10.5. The lowest BCUT2D eigenvalue weighted by molar-refractivity contribution is -0.122. The number of methoxy groups -OCH3 is 2. The van der Waals surface area contributed by atoms with Crippen molar-refractivity contribution in [2.24, 2.45) is 9.98 Å². The molecule has 1 amide bonds. The number of nitrogens with zero attached hydrogens (tertiary/aromatic N) is 3. The van der Waals surface area contributed by atoms with Crippen LogP contribution in [0.5, 0.6) is 11.5 Å². The summed E-state index contributed by atoms with van der Waals surface area (Å²) in [5.74, 6) is 1.74. The molecule has 0 atom stereocenters. The van der Waals surface area contributed by atoms with Crippen molar-refractivity contribution in [3.63, 3.8) is 0 Å². The first-order valence-electron chi connectivity index (χ1n) is 5.41. The van der Waals surface area contributed by atoms with E-state index in [1.54, 1.807) is 26.4 Å². The van der Waals surface area contributed by atoms with Crippen molar-refractivity contribution in [2.45, 2.75) is 0 Å². The fraction of sp³-hybridized carbons (Fsp3) is 0.250. The van der Waals surface area contributed by atoms with Gasteiger partial charge >= 0.3 is 0 Å². The molecule has 0 aromatic heterocycles. The molecule has 0 spiro atoms. The van der Waals surface area contributed by atoms with Crippen molar-refractivity contribution in [3.8, 4) is 11.5 Å². The fourth-order valence-corrected chi connectivity index (χ4v) is 2.02. The van der Waals surface area contributed by atoms with E-state index in [-0.39, 0.29) is 12.5 Å². The topological polar surface area (TPSA) is 63.5 Å². The van der Waals surface area contributed by atoms with E-state index in [0.29, 0.717) is 17.3 Å². The maximum atomic E-state index is 11.6. The van der Waals surface area contributed by atoms with Crippen molar-refractivity contribution in [3.05, 3.63) is 17.7 Å². The molecule has 0 saturated heterocycles. The maximum absolute atomic E-state index is 11.6. The summed E-state index contributed by atoms with van der Waals surface area (Å²) in [4.78, 5) is 21.5. The highest BCUT2D eigenvalue weighted by molar-refractivity contribution is 6.22. The van der Waals surface area contributed by atoms with E-state index in [2.05, 4.69) is 9.98 Å². The van der Waals surface area contributed by atoms with Crippen LogP contribution in [-0.4, -0.2) is 43.7 Å². The lowest BCUT2D eigenvalue weighted by Crippen LogP contribution is -2.33. The molecule has 2 aliphatic heterocycles. The smallest absolute Gasteiger partial charge is 0.255 e. The van der Waals surface area contributed by atoms with E-state index >= 15 is 0 Å². The predicted molar refractivity (Wildman–Crippen MR) is 65.9 cm³/mol. The third kappa shape index (κ3) is 1.38. The third-order valence-corrected chi connectivity index (χ3v) is 2.92. The first-order valence-corrected chi connectivity index (χ1v) is 5.41. The number of fused-ring (bicyclic) bond motifs is 3. The Balaban J connectivity index is 2.17. The zero-order chi connectivity index (χ0) is 12.7. The number of hydrogen-bond acceptors (Lipinski definition) is 5. The number of carbonyl (C=O) groups excluding carboxylic acids is 1. The Morgan fingerprint density at radius 3 is 2.67 bits per heavy atom. The molecule has 0 radical (unpaired) electrons. The number of amidine groups is 1. The summed E-state index contributed by atoms with van der Waals surface area (Å²) in [5.41, 5.74) is 1.50. The molecule has 0 saturated carbocycles. The van der Waals surface area contributed by atoms with Crippen LogP contribution >= 0.6 is 0 Å². The maximum Gasteiger partial charge on any atom is 0.255 e. The minimum atomic E-state index is -0.0748. The molecule has 6 nitrogen and oxygen atoms in total. The van der Waals surface area contributed by atoms with Gasteiger partial charge in [-0.2, -0.15) is 0 Å². The van der Waals surface area contributed by atoms with E-state index in [1.165, 1.54) is 11.2 Å². The lowest BCUT2D eigenvalue weighted by atomic mass is 10.1. The second kappa shape index (κ2) is 3.83. The van der Waals surface area contributed by atoms with Crippen LogP contribution in [-0.2, 0) is 4.79 Å². The molecule has 92 valence electrons. The molecule has 0 fully saturated rings. The number of amides is 1. The van der Waals surface area contributed by atoms with Gasteiger partial charge in [0.2, 0.25) is 0 Å². The standard InChI is InChI=1S/C12H11N3O3/c1-17-9-3-7-8(4-10(9)18-2)14-6-15-11(16)5-13-12(7)15/h3-4,6H,5H2,1-2H3. The highest BCUT2D eigenvalue weighted by atomic mass is 16.5. The van der Waals surface area contributed by atoms with E-state index in [1.807, 2.05) is 0 Å². The van der Waals surface area contributed by atoms with Crippen LogP contribution < -0.4 is 9.47 Å². The van der Waals surface area contributed by atoms with Crippen LogP contribution in [0.1, 0.15) is 5.56 Å². The molecular weight excluding hydrogens is 234 g/mol. The normalized spacial score (nSPS) is 16.2. The Hall–Kier alpha value is -2.37.